The molecule has 178 valence electrons. The Morgan fingerprint density at radius 3 is 2.34 bits per heavy atom. The van der Waals surface area contributed by atoms with Crippen molar-refractivity contribution < 1.29 is 0 Å². The summed E-state index contributed by atoms with van der Waals surface area (Å²) in [6.07, 6.45) is 0.656. The Hall–Kier alpha value is -4.34. The first-order valence-corrected chi connectivity index (χ1v) is 11.3. The summed E-state index contributed by atoms with van der Waals surface area (Å²) in [5.41, 5.74) is 3.74. The molecule has 0 unspecified atom stereocenters. The van der Waals surface area contributed by atoms with Gasteiger partial charge in [-0.25, -0.2) is 9.78 Å². The third-order valence-electron chi connectivity index (χ3n) is 5.89. The second-order valence-electron chi connectivity index (χ2n) is 9.82. The predicted octanol–water partition coefficient (Wildman–Crippen LogP) is 2.91. The van der Waals surface area contributed by atoms with Gasteiger partial charge in [-0.3, -0.25) is 14.3 Å². The number of nitrogens with zero attached hydrogens (tertiary/aromatic N) is 6. The Morgan fingerprint density at radius 2 is 1.69 bits per heavy atom. The monoisotopic (exact) mass is 470 g/mol. The van der Waals surface area contributed by atoms with Gasteiger partial charge < -0.3 is 4.57 Å². The summed E-state index contributed by atoms with van der Waals surface area (Å²) in [5, 5.41) is 14.4. The van der Waals surface area contributed by atoms with E-state index in [1.54, 1.807) is 0 Å². The summed E-state index contributed by atoms with van der Waals surface area (Å²) < 4.78 is 3.00. The molecular weight excluding hydrogens is 444 g/mol. The largest absolute Gasteiger partial charge is 0.329 e. The Morgan fingerprint density at radius 1 is 0.971 bits per heavy atom. The van der Waals surface area contributed by atoms with E-state index in [0.717, 1.165) is 32.6 Å². The maximum Gasteiger partial charge on any atom is 0.329 e. The highest BCUT2D eigenvalue weighted by molar-refractivity contribution is 5.80. The number of tetrazole rings is 1. The fourth-order valence-electron chi connectivity index (χ4n) is 4.20. The number of aromatic amines is 2. The van der Waals surface area contributed by atoms with Crippen molar-refractivity contribution in [3.05, 3.63) is 80.8 Å². The molecule has 10 nitrogen and oxygen atoms in total. The molecule has 35 heavy (non-hydrogen) atoms. The SMILES string of the molecule is Cn1c(=O)[nH]c2nc(CC(C)(C)C)n(Cc3ccc(-c4ccccc4-c4nn[nH]n4)cc3)c2c1=O. The van der Waals surface area contributed by atoms with Crippen LogP contribution in [0.15, 0.2) is 58.1 Å². The lowest BCUT2D eigenvalue weighted by atomic mass is 9.92. The third kappa shape index (κ3) is 4.30. The highest BCUT2D eigenvalue weighted by Crippen LogP contribution is 2.30. The van der Waals surface area contributed by atoms with Gasteiger partial charge in [0.2, 0.25) is 5.82 Å². The maximum absolute atomic E-state index is 13.0. The lowest BCUT2D eigenvalue weighted by Gasteiger charge is -2.19. The highest BCUT2D eigenvalue weighted by Gasteiger charge is 2.21. The highest BCUT2D eigenvalue weighted by atomic mass is 16.2. The average molecular weight is 471 g/mol. The van der Waals surface area contributed by atoms with Crippen molar-refractivity contribution in [1.82, 2.24) is 39.7 Å². The van der Waals surface area contributed by atoms with Gasteiger partial charge >= 0.3 is 5.69 Å². The van der Waals surface area contributed by atoms with Crippen LogP contribution in [0.4, 0.5) is 0 Å². The van der Waals surface area contributed by atoms with E-state index in [1.807, 2.05) is 53.1 Å². The lowest BCUT2D eigenvalue weighted by Crippen LogP contribution is -2.33. The summed E-state index contributed by atoms with van der Waals surface area (Å²) in [4.78, 5) is 32.5. The van der Waals surface area contributed by atoms with E-state index in [2.05, 4.69) is 51.4 Å². The zero-order valence-electron chi connectivity index (χ0n) is 20.0. The van der Waals surface area contributed by atoms with Gasteiger partial charge in [0.15, 0.2) is 11.2 Å². The molecule has 2 aromatic carbocycles. The van der Waals surface area contributed by atoms with Crippen LogP contribution < -0.4 is 11.2 Å². The topological polar surface area (TPSA) is 127 Å². The molecule has 0 saturated heterocycles. The third-order valence-corrected chi connectivity index (χ3v) is 5.89. The van der Waals surface area contributed by atoms with Crippen molar-refractivity contribution in [2.45, 2.75) is 33.7 Å². The van der Waals surface area contributed by atoms with Crippen LogP contribution in [0.1, 0.15) is 32.2 Å². The molecule has 0 aliphatic rings. The molecule has 10 heteroatoms. The van der Waals surface area contributed by atoms with Crippen LogP contribution in [0.3, 0.4) is 0 Å². The maximum atomic E-state index is 13.0. The van der Waals surface area contributed by atoms with E-state index in [-0.39, 0.29) is 11.0 Å². The van der Waals surface area contributed by atoms with Gasteiger partial charge in [-0.05, 0) is 27.3 Å². The van der Waals surface area contributed by atoms with Crippen LogP contribution in [-0.4, -0.2) is 39.7 Å². The minimum Gasteiger partial charge on any atom is -0.318 e. The minimum atomic E-state index is -0.473. The summed E-state index contributed by atoms with van der Waals surface area (Å²) in [6.45, 7) is 6.81. The van der Waals surface area contributed by atoms with E-state index in [0.29, 0.717) is 30.0 Å². The molecule has 0 saturated carbocycles. The van der Waals surface area contributed by atoms with E-state index < -0.39 is 5.69 Å². The number of hydrogen-bond acceptors (Lipinski definition) is 6. The van der Waals surface area contributed by atoms with Gasteiger partial charge in [0, 0.05) is 25.6 Å². The lowest BCUT2D eigenvalue weighted by molar-refractivity contribution is 0.394. The van der Waals surface area contributed by atoms with Crippen LogP contribution in [0, 0.1) is 5.41 Å². The molecule has 5 rings (SSSR count). The fraction of sp³-hybridized carbons (Fsp3) is 0.280. The summed E-state index contributed by atoms with van der Waals surface area (Å²) in [7, 11) is 1.47. The molecule has 0 fully saturated rings. The van der Waals surface area contributed by atoms with Crippen LogP contribution in [-0.2, 0) is 20.0 Å². The number of aromatic nitrogens is 8. The smallest absolute Gasteiger partial charge is 0.318 e. The van der Waals surface area contributed by atoms with Gasteiger partial charge in [-0.2, -0.15) is 5.21 Å². The number of imidazole rings is 1. The molecule has 2 N–H and O–H groups in total. The number of benzene rings is 2. The number of hydrogen-bond donors (Lipinski definition) is 2. The van der Waals surface area contributed by atoms with Crippen LogP contribution in [0.2, 0.25) is 0 Å². The Balaban J connectivity index is 1.55. The number of nitrogens with one attached hydrogen (secondary N) is 2. The Labute approximate surface area is 200 Å². The van der Waals surface area contributed by atoms with E-state index >= 15 is 0 Å². The second kappa shape index (κ2) is 8.46. The Kier molecular flexibility index (Phi) is 5.43. The molecule has 5 aromatic rings. The van der Waals surface area contributed by atoms with Crippen molar-refractivity contribution in [2.24, 2.45) is 12.5 Å². The fourth-order valence-corrected chi connectivity index (χ4v) is 4.20. The Bertz CT molecular complexity index is 1620. The van der Waals surface area contributed by atoms with Crippen LogP contribution >= 0.6 is 0 Å². The van der Waals surface area contributed by atoms with Crippen molar-refractivity contribution in [1.29, 1.82) is 0 Å². The van der Waals surface area contributed by atoms with Crippen molar-refractivity contribution in [2.75, 3.05) is 0 Å². The summed E-state index contributed by atoms with van der Waals surface area (Å²) in [5.74, 6) is 1.30. The molecule has 0 amide bonds. The summed E-state index contributed by atoms with van der Waals surface area (Å²) >= 11 is 0. The first-order valence-electron chi connectivity index (χ1n) is 11.3. The van der Waals surface area contributed by atoms with E-state index in [4.69, 9.17) is 0 Å². The first-order chi connectivity index (χ1) is 16.7. The van der Waals surface area contributed by atoms with Crippen LogP contribution in [0.25, 0.3) is 33.7 Å². The molecule has 0 aliphatic heterocycles. The van der Waals surface area contributed by atoms with Gasteiger partial charge in [-0.1, -0.05) is 69.3 Å². The van der Waals surface area contributed by atoms with Crippen LogP contribution in [0.5, 0.6) is 0 Å². The molecular formula is C25H26N8O2. The quantitative estimate of drug-likeness (QED) is 0.407. The molecule has 3 aromatic heterocycles. The molecule has 0 aliphatic carbocycles. The molecule has 0 atom stereocenters. The van der Waals surface area contributed by atoms with Gasteiger partial charge in [0.05, 0.1) is 0 Å². The van der Waals surface area contributed by atoms with Crippen molar-refractivity contribution in [3.63, 3.8) is 0 Å². The number of rotatable bonds is 5. The van der Waals surface area contributed by atoms with Crippen molar-refractivity contribution >= 4 is 11.2 Å². The standard InChI is InChI=1S/C25H26N8O2/c1-25(2,3)13-19-26-22-20(23(34)32(4)24(35)27-22)33(19)14-15-9-11-16(12-10-15)17-7-5-6-8-18(17)21-28-30-31-29-21/h5-12H,13-14H2,1-4H3,(H,27,35)(H,28,29,30,31). The second-order valence-corrected chi connectivity index (χ2v) is 9.82. The normalized spacial score (nSPS) is 11.9. The van der Waals surface area contributed by atoms with E-state index in [9.17, 15) is 9.59 Å². The molecule has 0 radical (unpaired) electrons. The first kappa shape index (κ1) is 22.5. The van der Waals surface area contributed by atoms with Gasteiger partial charge in [0.1, 0.15) is 5.82 Å². The van der Waals surface area contributed by atoms with Crippen molar-refractivity contribution in [3.8, 4) is 22.5 Å². The van der Waals surface area contributed by atoms with Gasteiger partial charge in [-0.15, -0.1) is 10.2 Å². The zero-order chi connectivity index (χ0) is 24.7. The average Bonchev–Trinajstić information content (AvgIpc) is 3.46. The number of fused-ring (bicyclic) bond motifs is 1. The van der Waals surface area contributed by atoms with Gasteiger partial charge in [0.25, 0.3) is 5.56 Å². The minimum absolute atomic E-state index is 0.0482. The zero-order valence-corrected chi connectivity index (χ0v) is 20.0. The molecule has 0 bridgehead atoms. The molecule has 3 heterocycles. The molecule has 0 spiro atoms. The van der Waals surface area contributed by atoms with E-state index in [1.165, 1.54) is 7.05 Å². The summed E-state index contributed by atoms with van der Waals surface area (Å²) in [6, 6.07) is 16.0. The number of H-pyrrole nitrogens is 2. The predicted molar refractivity (Wildman–Crippen MR) is 133 cm³/mol.